The molecule has 31 heavy (non-hydrogen) atoms. The van der Waals surface area contributed by atoms with Crippen molar-refractivity contribution in [1.29, 1.82) is 5.41 Å². The molecule has 1 amide bonds. The summed E-state index contributed by atoms with van der Waals surface area (Å²) in [5, 5.41) is 26.7. The number of amides is 1. The number of nitrogens with zero attached hydrogens (tertiary/aromatic N) is 3. The summed E-state index contributed by atoms with van der Waals surface area (Å²) in [5.41, 5.74) is 1.91. The van der Waals surface area contributed by atoms with Gasteiger partial charge in [-0.05, 0) is 48.9 Å². The standard InChI is InChI=1S/C20H18ClN5O3S.H2O/c1-2-3-4-17-24-26-18(22)14(19(27)23-20(26)30-17)10-12-6-8-16(29-12)13-7-5-11(25-28)9-15(13)21;/h5-10,22H,2-4,25H2,1H3;1H2/b14-10-,22-18?;. The van der Waals surface area contributed by atoms with Gasteiger partial charge in [-0.2, -0.15) is 15.1 Å². The third-order valence-corrected chi connectivity index (χ3v) is 5.83. The number of hydrogen-bond donors (Lipinski definition) is 2. The first kappa shape index (κ1) is 22.9. The van der Waals surface area contributed by atoms with Crippen LogP contribution in [-0.2, 0) is 4.79 Å². The molecule has 9 nitrogen and oxygen atoms in total. The van der Waals surface area contributed by atoms with Crippen LogP contribution in [0, 0.1) is 10.6 Å². The predicted octanol–water partition coefficient (Wildman–Crippen LogP) is 3.28. The van der Waals surface area contributed by atoms with E-state index in [1.807, 2.05) is 0 Å². The Kier molecular flexibility index (Phi) is 7.08. The number of nitrogens with one attached hydrogen (secondary N) is 1. The van der Waals surface area contributed by atoms with E-state index in [2.05, 4.69) is 17.0 Å². The van der Waals surface area contributed by atoms with Crippen LogP contribution in [0.3, 0.4) is 0 Å². The number of hydrogen-bond acceptors (Lipinski definition) is 6. The zero-order chi connectivity index (χ0) is 21.3. The number of amidine groups is 2. The predicted molar refractivity (Wildman–Crippen MR) is 122 cm³/mol. The summed E-state index contributed by atoms with van der Waals surface area (Å²) in [5.74, 6) is 0.335. The highest BCUT2D eigenvalue weighted by molar-refractivity contribution is 8.26. The van der Waals surface area contributed by atoms with Crippen LogP contribution in [0.5, 0.6) is 0 Å². The molecule has 0 fully saturated rings. The molecular formula is C20H20ClN5O4S. The van der Waals surface area contributed by atoms with Gasteiger partial charge in [0.05, 0.1) is 10.6 Å². The van der Waals surface area contributed by atoms with Gasteiger partial charge in [0.15, 0.2) is 5.84 Å². The number of carbonyl (C=O) groups is 1. The SMILES string of the molecule is CCCCC1=NN2C(=N)/C(=C/c3ccc(-c4ccc([NH2+][O-])cc4Cl)o3)C(=O)N=C2S1.O. The normalized spacial score (nSPS) is 16.9. The van der Waals surface area contributed by atoms with Gasteiger partial charge in [-0.15, -0.1) is 0 Å². The Balaban J connectivity index is 0.00000272. The van der Waals surface area contributed by atoms with E-state index in [1.54, 1.807) is 30.3 Å². The van der Waals surface area contributed by atoms with E-state index in [4.69, 9.17) is 21.4 Å². The number of unbranched alkanes of at least 4 members (excludes halogenated alkanes) is 1. The molecule has 0 atom stereocenters. The van der Waals surface area contributed by atoms with Crippen LogP contribution in [-0.4, -0.2) is 32.4 Å². The van der Waals surface area contributed by atoms with Gasteiger partial charge < -0.3 is 20.6 Å². The first-order valence-electron chi connectivity index (χ1n) is 9.34. The summed E-state index contributed by atoms with van der Waals surface area (Å²) in [6, 6.07) is 8.29. The molecule has 1 aromatic heterocycles. The fraction of sp³-hybridized carbons (Fsp3) is 0.200. The molecule has 0 bridgehead atoms. The Hall–Kier alpha value is -2.76. The van der Waals surface area contributed by atoms with Crippen molar-refractivity contribution in [3.63, 3.8) is 0 Å². The molecule has 0 radical (unpaired) electrons. The second-order valence-electron chi connectivity index (χ2n) is 6.68. The monoisotopic (exact) mass is 461 g/mol. The lowest BCUT2D eigenvalue weighted by Gasteiger charge is -2.19. The molecular weight excluding hydrogens is 442 g/mol. The van der Waals surface area contributed by atoms with Gasteiger partial charge in [-0.1, -0.05) is 24.9 Å². The highest BCUT2D eigenvalue weighted by atomic mass is 35.5. The molecule has 0 unspecified atom stereocenters. The van der Waals surface area contributed by atoms with Gasteiger partial charge in [0.25, 0.3) is 5.91 Å². The number of rotatable bonds is 6. The van der Waals surface area contributed by atoms with Crippen LogP contribution in [0.15, 0.2) is 50.4 Å². The number of quaternary nitrogens is 1. The maximum absolute atomic E-state index is 12.5. The van der Waals surface area contributed by atoms with E-state index in [0.717, 1.165) is 29.8 Å². The van der Waals surface area contributed by atoms with Crippen molar-refractivity contribution in [2.75, 3.05) is 0 Å². The topological polar surface area (TPSA) is 153 Å². The molecule has 0 aliphatic carbocycles. The fourth-order valence-corrected chi connectivity index (χ4v) is 4.19. The Morgan fingerprint density at radius 2 is 2.16 bits per heavy atom. The van der Waals surface area contributed by atoms with Crippen LogP contribution in [0.1, 0.15) is 31.9 Å². The molecule has 2 aliphatic rings. The molecule has 11 heteroatoms. The van der Waals surface area contributed by atoms with Gasteiger partial charge in [0.1, 0.15) is 22.3 Å². The minimum atomic E-state index is -0.503. The number of aliphatic imine (C=N–C) groups is 1. The summed E-state index contributed by atoms with van der Waals surface area (Å²) < 4.78 is 5.80. The number of furan rings is 1. The van der Waals surface area contributed by atoms with E-state index in [-0.39, 0.29) is 16.9 Å². The number of benzene rings is 1. The van der Waals surface area contributed by atoms with E-state index in [0.29, 0.717) is 33.0 Å². The third-order valence-electron chi connectivity index (χ3n) is 4.55. The Labute approximate surface area is 187 Å². The maximum atomic E-state index is 12.5. The lowest BCUT2D eigenvalue weighted by atomic mass is 10.1. The summed E-state index contributed by atoms with van der Waals surface area (Å²) in [6.07, 6.45) is 4.30. The minimum absolute atomic E-state index is 0. The molecule has 0 spiro atoms. The van der Waals surface area contributed by atoms with E-state index in [9.17, 15) is 10.0 Å². The molecule has 4 rings (SSSR count). The van der Waals surface area contributed by atoms with Crippen molar-refractivity contribution in [2.45, 2.75) is 26.2 Å². The highest BCUT2D eigenvalue weighted by Gasteiger charge is 2.35. The Bertz CT molecular complexity index is 1120. The average molecular weight is 462 g/mol. The smallest absolute Gasteiger partial charge is 0.283 e. The van der Waals surface area contributed by atoms with Crippen LogP contribution >= 0.6 is 23.4 Å². The lowest BCUT2D eigenvalue weighted by molar-refractivity contribution is -0.497. The molecule has 1 aromatic carbocycles. The lowest BCUT2D eigenvalue weighted by Crippen LogP contribution is -2.70. The van der Waals surface area contributed by atoms with E-state index in [1.165, 1.54) is 22.8 Å². The number of halogens is 1. The molecule has 3 heterocycles. The van der Waals surface area contributed by atoms with Gasteiger partial charge in [0.2, 0.25) is 5.17 Å². The number of nitrogens with two attached hydrogens (primary N) is 1. The first-order chi connectivity index (χ1) is 14.5. The molecule has 5 N–H and O–H groups in total. The minimum Gasteiger partial charge on any atom is -0.630 e. The summed E-state index contributed by atoms with van der Waals surface area (Å²) in [4.78, 5) is 16.6. The number of thioether (sulfide) groups is 1. The molecule has 2 aromatic rings. The van der Waals surface area contributed by atoms with Crippen molar-refractivity contribution >= 4 is 57.1 Å². The molecule has 0 saturated heterocycles. The van der Waals surface area contributed by atoms with Gasteiger partial charge in [-0.25, -0.2) is 0 Å². The van der Waals surface area contributed by atoms with Crippen LogP contribution in [0.4, 0.5) is 5.69 Å². The zero-order valence-electron chi connectivity index (χ0n) is 16.5. The van der Waals surface area contributed by atoms with Gasteiger partial charge in [0, 0.05) is 17.7 Å². The largest absolute Gasteiger partial charge is 0.630 e. The number of carbonyl (C=O) groups excluding carboxylic acids is 1. The van der Waals surface area contributed by atoms with Crippen molar-refractivity contribution in [1.82, 2.24) is 5.01 Å². The van der Waals surface area contributed by atoms with Crippen LogP contribution in [0.25, 0.3) is 17.4 Å². The average Bonchev–Trinajstić information content (AvgIpc) is 3.36. The van der Waals surface area contributed by atoms with Crippen molar-refractivity contribution in [2.24, 2.45) is 10.1 Å². The fourth-order valence-electron chi connectivity index (χ4n) is 2.98. The molecule has 0 saturated carbocycles. The Morgan fingerprint density at radius 1 is 1.35 bits per heavy atom. The second kappa shape index (κ2) is 9.58. The molecule has 162 valence electrons. The number of hydrazone groups is 1. The zero-order valence-corrected chi connectivity index (χ0v) is 18.1. The quantitative estimate of drug-likeness (QED) is 0.384. The van der Waals surface area contributed by atoms with Crippen molar-refractivity contribution in [3.8, 4) is 11.3 Å². The Morgan fingerprint density at radius 3 is 2.87 bits per heavy atom. The summed E-state index contributed by atoms with van der Waals surface area (Å²) in [6.45, 7) is 2.10. The number of fused-ring (bicyclic) bond motifs is 1. The second-order valence-corrected chi connectivity index (χ2v) is 8.12. The summed E-state index contributed by atoms with van der Waals surface area (Å²) in [7, 11) is 0. The third kappa shape index (κ3) is 4.63. The molecule has 2 aliphatic heterocycles. The van der Waals surface area contributed by atoms with Crippen molar-refractivity contribution in [3.05, 3.63) is 51.9 Å². The highest BCUT2D eigenvalue weighted by Crippen LogP contribution is 2.33. The van der Waals surface area contributed by atoms with Crippen molar-refractivity contribution < 1.29 is 20.2 Å². The summed E-state index contributed by atoms with van der Waals surface area (Å²) >= 11 is 7.57. The van der Waals surface area contributed by atoms with Crippen LogP contribution in [0.2, 0.25) is 5.02 Å². The van der Waals surface area contributed by atoms with E-state index >= 15 is 0 Å². The van der Waals surface area contributed by atoms with Gasteiger partial charge >= 0.3 is 0 Å². The van der Waals surface area contributed by atoms with Gasteiger partial charge in [-0.3, -0.25) is 10.2 Å². The van der Waals surface area contributed by atoms with E-state index < -0.39 is 5.91 Å². The first-order valence-corrected chi connectivity index (χ1v) is 10.5. The van der Waals surface area contributed by atoms with Crippen LogP contribution < -0.4 is 5.48 Å². The maximum Gasteiger partial charge on any atom is 0.283 e.